The molecule has 0 fully saturated rings. The highest BCUT2D eigenvalue weighted by Crippen LogP contribution is 2.22. The van der Waals surface area contributed by atoms with E-state index in [0.717, 1.165) is 32.9 Å². The van der Waals surface area contributed by atoms with Crippen LogP contribution in [0.2, 0.25) is 0 Å². The number of amides is 6. The maximum Gasteiger partial charge on any atom is 0.243 e. The number of nitrogens with two attached hydrogens (primary N) is 4. The number of carbonyl (C=O) groups is 6. The second-order valence-electron chi connectivity index (χ2n) is 17.5. The number of thioether (sulfide) groups is 1. The molecule has 0 saturated heterocycles. The Morgan fingerprint density at radius 1 is 0.618 bits per heavy atom. The summed E-state index contributed by atoms with van der Waals surface area (Å²) in [6.07, 6.45) is 6.61. The van der Waals surface area contributed by atoms with Crippen LogP contribution < -0.4 is 49.5 Å². The summed E-state index contributed by atoms with van der Waals surface area (Å²) >= 11 is 1.50. The average Bonchev–Trinajstić information content (AvgIpc) is 3.92. The van der Waals surface area contributed by atoms with Gasteiger partial charge in [0.15, 0.2) is 5.96 Å². The summed E-state index contributed by atoms with van der Waals surface area (Å²) in [6.45, 7) is 5.98. The molecule has 0 bridgehead atoms. The van der Waals surface area contributed by atoms with E-state index in [4.69, 9.17) is 22.9 Å². The zero-order valence-corrected chi connectivity index (χ0v) is 39.9. The number of hydrogen-bond acceptors (Lipinski definition) is 9. The Morgan fingerprint density at radius 3 is 1.59 bits per heavy atom. The van der Waals surface area contributed by atoms with Crippen molar-refractivity contribution in [2.75, 3.05) is 18.6 Å². The van der Waals surface area contributed by atoms with Gasteiger partial charge in [-0.2, -0.15) is 11.8 Å². The molecule has 2 aromatic heterocycles. The number of fused-ring (bicyclic) bond motifs is 2. The zero-order chi connectivity index (χ0) is 49.3. The Balaban J connectivity index is 1.47. The van der Waals surface area contributed by atoms with Crippen molar-refractivity contribution in [1.82, 2.24) is 36.6 Å². The highest BCUT2D eigenvalue weighted by atomic mass is 32.2. The van der Waals surface area contributed by atoms with Crippen molar-refractivity contribution in [3.05, 3.63) is 107 Å². The molecule has 0 unspecified atom stereocenters. The third kappa shape index (κ3) is 15.3. The number of primary amides is 1. The third-order valence-corrected chi connectivity index (χ3v) is 12.2. The van der Waals surface area contributed by atoms with Crippen LogP contribution in [-0.2, 0) is 48.0 Å². The minimum absolute atomic E-state index is 0.000749. The summed E-state index contributed by atoms with van der Waals surface area (Å²) in [5.41, 5.74) is 27.7. The van der Waals surface area contributed by atoms with E-state index in [9.17, 15) is 28.8 Å². The standard InChI is InChI=1S/C49H66N12O6S/c1-28(2)22-39(45(64)57-38(43(51)62)19-21-68-4)59-48(67)42(25-32-27-56-37-14-8-6-11-34(32)37)61-46(65)40(23-30-17-15-29(3)16-18-30)60-47(66)41(24-31-26-55-36-13-7-5-10-33(31)36)58-44(63)35(50)12-9-20-54-49(52)53/h5-8,10-11,13-18,26-28,35,38-42,55-56H,9,12,19-25,50H2,1-4H3,(H2,51,62)(H,57,64)(H,58,63)(H,59,67)(H,60,66)(H,61,65)(H4,52,53,54)/t35-,38-,39-,40-,41+,42+/m0/s1. The van der Waals surface area contributed by atoms with Crippen molar-refractivity contribution < 1.29 is 28.8 Å². The number of aromatic amines is 2. The molecule has 364 valence electrons. The van der Waals surface area contributed by atoms with E-state index in [1.165, 1.54) is 11.8 Å². The van der Waals surface area contributed by atoms with Gasteiger partial charge in [-0.1, -0.05) is 80.1 Å². The molecule has 68 heavy (non-hydrogen) atoms. The lowest BCUT2D eigenvalue weighted by Crippen LogP contribution is -2.60. The minimum atomic E-state index is -1.26. The van der Waals surface area contributed by atoms with Crippen molar-refractivity contribution in [2.45, 2.75) is 102 Å². The van der Waals surface area contributed by atoms with Gasteiger partial charge in [0, 0.05) is 60.0 Å². The van der Waals surface area contributed by atoms with Crippen molar-refractivity contribution in [1.29, 1.82) is 0 Å². The SMILES string of the molecule is CSCC[C@H](NC(=O)[C@H](CC(C)C)NC(=O)[C@@H](Cc1c[nH]c2ccccc12)NC(=O)[C@H](Cc1ccc(C)cc1)NC(=O)[C@@H](Cc1c[nH]c2ccccc12)NC(=O)[C@@H](N)CCCN=C(N)N)C(N)=O. The average molecular weight is 951 g/mol. The smallest absolute Gasteiger partial charge is 0.243 e. The van der Waals surface area contributed by atoms with E-state index in [1.807, 2.05) is 99.8 Å². The Hall–Kier alpha value is -6.86. The summed E-state index contributed by atoms with van der Waals surface area (Å²) in [4.78, 5) is 94.2. The van der Waals surface area contributed by atoms with Gasteiger partial charge in [-0.3, -0.25) is 33.8 Å². The first-order valence-electron chi connectivity index (χ1n) is 22.8. The second kappa shape index (κ2) is 25.3. The van der Waals surface area contributed by atoms with Gasteiger partial charge in [0.25, 0.3) is 0 Å². The molecule has 0 radical (unpaired) electrons. The van der Waals surface area contributed by atoms with E-state index >= 15 is 0 Å². The molecule has 6 amide bonds. The first-order valence-corrected chi connectivity index (χ1v) is 24.2. The maximum atomic E-state index is 14.8. The molecule has 0 saturated carbocycles. The van der Waals surface area contributed by atoms with Crippen LogP contribution in [0.5, 0.6) is 0 Å². The molecule has 0 aliphatic carbocycles. The Kier molecular flexibility index (Phi) is 19.4. The number of nitrogens with one attached hydrogen (secondary N) is 7. The molecule has 19 heteroatoms. The second-order valence-corrected chi connectivity index (χ2v) is 18.5. The molecule has 5 rings (SSSR count). The van der Waals surface area contributed by atoms with Crippen LogP contribution >= 0.6 is 11.8 Å². The Morgan fingerprint density at radius 2 is 1.09 bits per heavy atom. The number of para-hydroxylation sites is 2. The molecule has 3 aromatic carbocycles. The van der Waals surface area contributed by atoms with Crippen molar-refractivity contribution in [3.8, 4) is 0 Å². The molecule has 0 aliphatic rings. The quantitative estimate of drug-likeness (QED) is 0.0218. The number of carbonyl (C=O) groups excluding carboxylic acids is 6. The molecule has 0 spiro atoms. The van der Waals surface area contributed by atoms with Crippen LogP contribution in [0, 0.1) is 12.8 Å². The number of aryl methyl sites for hydroxylation is 1. The maximum absolute atomic E-state index is 14.8. The molecule has 18 nitrogen and oxygen atoms in total. The number of benzene rings is 3. The number of aliphatic imine (C=N–C) groups is 1. The molecule has 0 aliphatic heterocycles. The molecule has 6 atom stereocenters. The fraction of sp³-hybridized carbons (Fsp3) is 0.408. The number of hydrogen-bond donors (Lipinski definition) is 11. The first kappa shape index (κ1) is 52.1. The highest BCUT2D eigenvalue weighted by molar-refractivity contribution is 7.98. The highest BCUT2D eigenvalue weighted by Gasteiger charge is 2.34. The lowest BCUT2D eigenvalue weighted by atomic mass is 9.99. The van der Waals surface area contributed by atoms with Crippen molar-refractivity contribution in [2.24, 2.45) is 33.8 Å². The number of H-pyrrole nitrogens is 2. The first-order chi connectivity index (χ1) is 32.5. The van der Waals surface area contributed by atoms with Gasteiger partial charge < -0.3 is 59.5 Å². The Bertz CT molecular complexity index is 2540. The Labute approximate surface area is 400 Å². The van der Waals surface area contributed by atoms with Crippen LogP contribution in [0.25, 0.3) is 21.8 Å². The van der Waals surface area contributed by atoms with E-state index in [0.29, 0.717) is 29.7 Å². The third-order valence-electron chi connectivity index (χ3n) is 11.6. The molecule has 2 heterocycles. The van der Waals surface area contributed by atoms with Crippen molar-refractivity contribution >= 4 is 75.0 Å². The van der Waals surface area contributed by atoms with Crippen LogP contribution in [0.4, 0.5) is 0 Å². The predicted octanol–water partition coefficient (Wildman–Crippen LogP) is 2.07. The van der Waals surface area contributed by atoms with E-state index in [-0.39, 0.29) is 50.5 Å². The normalized spacial score (nSPS) is 14.0. The number of aromatic nitrogens is 2. The lowest BCUT2D eigenvalue weighted by molar-refractivity contribution is -0.135. The largest absolute Gasteiger partial charge is 0.370 e. The fourth-order valence-electron chi connectivity index (χ4n) is 7.87. The van der Waals surface area contributed by atoms with E-state index in [2.05, 4.69) is 41.5 Å². The summed E-state index contributed by atoms with van der Waals surface area (Å²) in [7, 11) is 0. The van der Waals surface area contributed by atoms with Gasteiger partial charge in [0.1, 0.15) is 30.2 Å². The fourth-order valence-corrected chi connectivity index (χ4v) is 8.34. The summed E-state index contributed by atoms with van der Waals surface area (Å²) in [6, 6.07) is 15.8. The van der Waals surface area contributed by atoms with Gasteiger partial charge in [-0.15, -0.1) is 0 Å². The van der Waals surface area contributed by atoms with Crippen LogP contribution in [0.1, 0.15) is 61.8 Å². The number of nitrogens with zero attached hydrogens (tertiary/aromatic N) is 1. The van der Waals surface area contributed by atoms with Gasteiger partial charge in [-0.25, -0.2) is 0 Å². The molecular weight excluding hydrogens is 885 g/mol. The van der Waals surface area contributed by atoms with E-state index < -0.39 is 71.7 Å². The lowest BCUT2D eigenvalue weighted by Gasteiger charge is -2.28. The monoisotopic (exact) mass is 950 g/mol. The van der Waals surface area contributed by atoms with Gasteiger partial charge >= 0.3 is 0 Å². The van der Waals surface area contributed by atoms with Gasteiger partial charge in [0.2, 0.25) is 35.4 Å². The zero-order valence-electron chi connectivity index (χ0n) is 39.1. The van der Waals surface area contributed by atoms with Crippen LogP contribution in [0.15, 0.2) is 90.2 Å². The minimum Gasteiger partial charge on any atom is -0.370 e. The summed E-state index contributed by atoms with van der Waals surface area (Å²) in [5.74, 6) is -3.46. The predicted molar refractivity (Wildman–Crippen MR) is 268 cm³/mol. The van der Waals surface area contributed by atoms with Crippen molar-refractivity contribution in [3.63, 3.8) is 0 Å². The van der Waals surface area contributed by atoms with Crippen LogP contribution in [0.3, 0.4) is 0 Å². The van der Waals surface area contributed by atoms with Gasteiger partial charge in [0.05, 0.1) is 6.04 Å². The topological polar surface area (TPSA) is 311 Å². The van der Waals surface area contributed by atoms with Crippen LogP contribution in [-0.4, -0.2) is 106 Å². The number of rotatable bonds is 26. The summed E-state index contributed by atoms with van der Waals surface area (Å²) < 4.78 is 0. The van der Waals surface area contributed by atoms with E-state index in [1.54, 1.807) is 12.4 Å². The number of guanidine groups is 1. The molecule has 15 N–H and O–H groups in total. The molecule has 5 aromatic rings. The van der Waals surface area contributed by atoms with Gasteiger partial charge in [-0.05, 0) is 79.4 Å². The summed E-state index contributed by atoms with van der Waals surface area (Å²) in [5, 5.41) is 15.9. The molecular formula is C49H66N12O6S.